The Hall–Kier alpha value is -2.24. The maximum Gasteiger partial charge on any atom is 0.224 e. The number of nitrogens with zero attached hydrogens (tertiary/aromatic N) is 2. The number of nitrogens with one attached hydrogen (secondary N) is 1. The van der Waals surface area contributed by atoms with Gasteiger partial charge in [0.1, 0.15) is 11.6 Å². The maximum absolute atomic E-state index is 13.6. The minimum atomic E-state index is -1.03. The van der Waals surface area contributed by atoms with Crippen molar-refractivity contribution < 1.29 is 13.5 Å². The van der Waals surface area contributed by atoms with Crippen LogP contribution >= 0.6 is 0 Å². The summed E-state index contributed by atoms with van der Waals surface area (Å²) in [7, 11) is 0. The summed E-state index contributed by atoms with van der Waals surface area (Å²) in [6, 6.07) is 5.34. The molecule has 2 aromatic rings. The van der Waals surface area contributed by atoms with Crippen molar-refractivity contribution in [3.8, 4) is 11.6 Å². The fourth-order valence-electron chi connectivity index (χ4n) is 1.70. The molecular weight excluding hydrogens is 276 g/mol. The second-order valence-corrected chi connectivity index (χ2v) is 4.44. The largest absolute Gasteiger partial charge is 0.436 e. The summed E-state index contributed by atoms with van der Waals surface area (Å²) in [5.74, 6) is -0.820. The molecule has 0 saturated heterocycles. The van der Waals surface area contributed by atoms with E-state index >= 15 is 0 Å². The van der Waals surface area contributed by atoms with Gasteiger partial charge in [-0.1, -0.05) is 19.9 Å². The molecule has 1 aromatic heterocycles. The van der Waals surface area contributed by atoms with Gasteiger partial charge in [0.25, 0.3) is 0 Å². The summed E-state index contributed by atoms with van der Waals surface area (Å²) in [6.45, 7) is 4.70. The van der Waals surface area contributed by atoms with E-state index in [-0.39, 0.29) is 11.6 Å². The van der Waals surface area contributed by atoms with Gasteiger partial charge in [-0.25, -0.2) is 9.37 Å². The molecule has 0 radical (unpaired) electrons. The lowest BCUT2D eigenvalue weighted by Crippen LogP contribution is -2.06. The molecule has 0 aliphatic rings. The first-order valence-electron chi connectivity index (χ1n) is 6.87. The first-order chi connectivity index (χ1) is 10.1. The van der Waals surface area contributed by atoms with E-state index in [9.17, 15) is 8.78 Å². The van der Waals surface area contributed by atoms with Gasteiger partial charge >= 0.3 is 0 Å². The lowest BCUT2D eigenvalue weighted by atomic mass is 10.3. The fraction of sp³-hybridized carbons (Fsp3) is 0.333. The van der Waals surface area contributed by atoms with E-state index in [1.165, 1.54) is 12.1 Å². The third kappa shape index (κ3) is 3.87. The monoisotopic (exact) mass is 293 g/mol. The molecule has 1 N–H and O–H groups in total. The van der Waals surface area contributed by atoms with Crippen LogP contribution in [0.15, 0.2) is 24.3 Å². The average molecular weight is 293 g/mol. The Morgan fingerprint density at radius 2 is 2.00 bits per heavy atom. The molecule has 0 aliphatic carbocycles. The Labute approximate surface area is 122 Å². The molecule has 0 atom stereocenters. The Kier molecular flexibility index (Phi) is 5.03. The number of aryl methyl sites for hydroxylation is 1. The lowest BCUT2D eigenvalue weighted by molar-refractivity contribution is 0.403. The molecule has 0 unspecified atom stereocenters. The number of halogens is 2. The minimum absolute atomic E-state index is 0.185. The zero-order valence-electron chi connectivity index (χ0n) is 12.0. The van der Waals surface area contributed by atoms with Gasteiger partial charge in [0.2, 0.25) is 11.7 Å². The molecule has 0 fully saturated rings. The molecule has 0 bridgehead atoms. The highest BCUT2D eigenvalue weighted by molar-refractivity contribution is 5.40. The van der Waals surface area contributed by atoms with Gasteiger partial charge in [-0.15, -0.1) is 0 Å². The molecule has 0 spiro atoms. The predicted octanol–water partition coefficient (Wildman–Crippen LogP) is 3.93. The quantitative estimate of drug-likeness (QED) is 0.876. The summed E-state index contributed by atoms with van der Waals surface area (Å²) in [5.41, 5.74) is 0. The number of aromatic nitrogens is 2. The van der Waals surface area contributed by atoms with Gasteiger partial charge < -0.3 is 10.1 Å². The number of rotatable bonds is 6. The van der Waals surface area contributed by atoms with Gasteiger partial charge in [0.05, 0.1) is 0 Å². The van der Waals surface area contributed by atoms with E-state index in [1.54, 1.807) is 6.07 Å². The molecule has 1 heterocycles. The molecule has 4 nitrogen and oxygen atoms in total. The Morgan fingerprint density at radius 3 is 2.71 bits per heavy atom. The van der Waals surface area contributed by atoms with Gasteiger partial charge in [0, 0.05) is 19.0 Å². The van der Waals surface area contributed by atoms with Crippen LogP contribution in [0.1, 0.15) is 26.1 Å². The van der Waals surface area contributed by atoms with Crippen molar-refractivity contribution in [3.63, 3.8) is 0 Å². The first kappa shape index (κ1) is 15.2. The van der Waals surface area contributed by atoms with E-state index in [0.717, 1.165) is 19.0 Å². The van der Waals surface area contributed by atoms with Crippen LogP contribution in [-0.4, -0.2) is 16.5 Å². The van der Waals surface area contributed by atoms with Crippen LogP contribution in [-0.2, 0) is 6.42 Å². The highest BCUT2D eigenvalue weighted by atomic mass is 19.2. The summed E-state index contributed by atoms with van der Waals surface area (Å²) in [5, 5.41) is 3.12. The van der Waals surface area contributed by atoms with Crippen molar-refractivity contribution in [1.82, 2.24) is 9.97 Å². The van der Waals surface area contributed by atoms with Crippen molar-refractivity contribution in [1.29, 1.82) is 0 Å². The van der Waals surface area contributed by atoms with Crippen molar-refractivity contribution in [2.45, 2.75) is 26.7 Å². The number of benzene rings is 1. The summed E-state index contributed by atoms with van der Waals surface area (Å²) in [6.07, 6.45) is 1.56. The number of ether oxygens (including phenoxy) is 1. The standard InChI is InChI=1S/C15H17F2N3O/c1-3-8-18-13-9-14(20-12(4-2)19-13)21-11-7-5-6-10(16)15(11)17/h5-7,9H,3-4,8H2,1-2H3,(H,18,19,20). The van der Waals surface area contributed by atoms with Crippen LogP contribution < -0.4 is 10.1 Å². The van der Waals surface area contributed by atoms with E-state index in [2.05, 4.69) is 15.3 Å². The lowest BCUT2D eigenvalue weighted by Gasteiger charge is -2.10. The Bertz CT molecular complexity index is 620. The third-order valence-electron chi connectivity index (χ3n) is 2.75. The summed E-state index contributed by atoms with van der Waals surface area (Å²) < 4.78 is 32.1. The number of hydrogen-bond acceptors (Lipinski definition) is 4. The van der Waals surface area contributed by atoms with Crippen molar-refractivity contribution >= 4 is 5.82 Å². The second kappa shape index (κ2) is 6.97. The zero-order valence-corrected chi connectivity index (χ0v) is 12.0. The van der Waals surface area contributed by atoms with Crippen molar-refractivity contribution in [3.05, 3.63) is 41.7 Å². The predicted molar refractivity (Wildman–Crippen MR) is 76.6 cm³/mol. The van der Waals surface area contributed by atoms with Gasteiger partial charge in [0.15, 0.2) is 11.6 Å². The van der Waals surface area contributed by atoms with Crippen LogP contribution in [0.4, 0.5) is 14.6 Å². The van der Waals surface area contributed by atoms with E-state index < -0.39 is 11.6 Å². The summed E-state index contributed by atoms with van der Waals surface area (Å²) >= 11 is 0. The molecular formula is C15H17F2N3O. The smallest absolute Gasteiger partial charge is 0.224 e. The van der Waals surface area contributed by atoms with Crippen LogP contribution in [0, 0.1) is 11.6 Å². The third-order valence-corrected chi connectivity index (χ3v) is 2.75. The molecule has 112 valence electrons. The molecule has 2 rings (SSSR count). The van der Waals surface area contributed by atoms with Gasteiger partial charge in [-0.2, -0.15) is 9.37 Å². The topological polar surface area (TPSA) is 47.0 Å². The average Bonchev–Trinajstić information content (AvgIpc) is 2.49. The molecule has 0 saturated carbocycles. The molecule has 0 amide bonds. The van der Waals surface area contributed by atoms with Crippen molar-refractivity contribution in [2.24, 2.45) is 0 Å². The number of anilines is 1. The Balaban J connectivity index is 2.28. The normalized spacial score (nSPS) is 10.5. The van der Waals surface area contributed by atoms with Crippen LogP contribution in [0.25, 0.3) is 0 Å². The highest BCUT2D eigenvalue weighted by Gasteiger charge is 2.12. The van der Waals surface area contributed by atoms with Crippen LogP contribution in [0.5, 0.6) is 11.6 Å². The fourth-order valence-corrected chi connectivity index (χ4v) is 1.70. The van der Waals surface area contributed by atoms with Gasteiger partial charge in [-0.3, -0.25) is 0 Å². The minimum Gasteiger partial charge on any atom is -0.436 e. The first-order valence-corrected chi connectivity index (χ1v) is 6.87. The zero-order chi connectivity index (χ0) is 15.2. The highest BCUT2D eigenvalue weighted by Crippen LogP contribution is 2.25. The van der Waals surface area contributed by atoms with Gasteiger partial charge in [-0.05, 0) is 18.6 Å². The number of hydrogen-bond donors (Lipinski definition) is 1. The molecule has 21 heavy (non-hydrogen) atoms. The molecule has 6 heteroatoms. The van der Waals surface area contributed by atoms with E-state index in [4.69, 9.17) is 4.74 Å². The molecule has 0 aliphatic heterocycles. The SMILES string of the molecule is CCCNc1cc(Oc2cccc(F)c2F)nc(CC)n1. The van der Waals surface area contributed by atoms with E-state index in [0.29, 0.717) is 18.1 Å². The molecule has 1 aromatic carbocycles. The Morgan fingerprint density at radius 1 is 1.19 bits per heavy atom. The van der Waals surface area contributed by atoms with Crippen molar-refractivity contribution in [2.75, 3.05) is 11.9 Å². The summed E-state index contributed by atoms with van der Waals surface area (Å²) in [4.78, 5) is 8.46. The van der Waals surface area contributed by atoms with E-state index in [1.807, 2.05) is 13.8 Å². The van der Waals surface area contributed by atoms with Crippen LogP contribution in [0.2, 0.25) is 0 Å². The van der Waals surface area contributed by atoms with Crippen LogP contribution in [0.3, 0.4) is 0 Å². The second-order valence-electron chi connectivity index (χ2n) is 4.44. The maximum atomic E-state index is 13.6.